The minimum atomic E-state index is 0.0800. The number of aliphatic imine (C=N–C) groups is 1. The predicted molar refractivity (Wildman–Crippen MR) is 123 cm³/mol. The molecule has 1 saturated carbocycles. The molecule has 5 heteroatoms. The minimum absolute atomic E-state index is 0.0800. The molecule has 1 amide bonds. The Balaban J connectivity index is 1.48. The summed E-state index contributed by atoms with van der Waals surface area (Å²) in [5.74, 6) is 1.06. The van der Waals surface area contributed by atoms with Gasteiger partial charge in [-0.3, -0.25) is 9.79 Å². The van der Waals surface area contributed by atoms with Crippen LogP contribution >= 0.6 is 0 Å². The average molecular weight is 405 g/mol. The van der Waals surface area contributed by atoms with E-state index < -0.39 is 0 Å². The quantitative estimate of drug-likeness (QED) is 0.500. The smallest absolute Gasteiger partial charge is 0.225 e. The van der Waals surface area contributed by atoms with E-state index in [1.807, 2.05) is 18.2 Å². The first-order valence-corrected chi connectivity index (χ1v) is 11.2. The number of amides is 1. The molecule has 0 spiro atoms. The lowest BCUT2D eigenvalue weighted by molar-refractivity contribution is -0.116. The van der Waals surface area contributed by atoms with Crippen molar-refractivity contribution in [2.45, 2.75) is 50.4 Å². The fourth-order valence-electron chi connectivity index (χ4n) is 4.86. The van der Waals surface area contributed by atoms with Gasteiger partial charge in [-0.1, -0.05) is 61.4 Å². The summed E-state index contributed by atoms with van der Waals surface area (Å²) in [6, 6.07) is 18.9. The summed E-state index contributed by atoms with van der Waals surface area (Å²) >= 11 is 0. The third-order valence-corrected chi connectivity index (χ3v) is 6.45. The molecule has 2 aliphatic rings. The van der Waals surface area contributed by atoms with Crippen LogP contribution in [0, 0.1) is 0 Å². The predicted octanol–water partition coefficient (Wildman–Crippen LogP) is 4.18. The van der Waals surface area contributed by atoms with Gasteiger partial charge in [-0.2, -0.15) is 0 Å². The monoisotopic (exact) mass is 404 g/mol. The maximum Gasteiger partial charge on any atom is 0.225 e. The molecule has 1 unspecified atom stereocenters. The Hall–Kier alpha value is -2.82. The first kappa shape index (κ1) is 20.5. The minimum Gasteiger partial charge on any atom is -0.357 e. The number of hydrogen-bond acceptors (Lipinski definition) is 2. The summed E-state index contributed by atoms with van der Waals surface area (Å²) in [7, 11) is 0. The van der Waals surface area contributed by atoms with Crippen molar-refractivity contribution < 1.29 is 4.79 Å². The number of carbonyl (C=O) groups is 1. The molecular weight excluding hydrogens is 372 g/mol. The molecule has 1 aliphatic heterocycles. The fraction of sp³-hybridized carbons (Fsp3) is 0.440. The molecule has 2 aromatic carbocycles. The highest BCUT2D eigenvalue weighted by atomic mass is 16.1. The number of fused-ring (bicyclic) bond motifs is 1. The number of anilines is 1. The zero-order valence-electron chi connectivity index (χ0n) is 17.8. The van der Waals surface area contributed by atoms with E-state index in [2.05, 4.69) is 59.3 Å². The lowest BCUT2D eigenvalue weighted by Crippen LogP contribution is -2.41. The van der Waals surface area contributed by atoms with Crippen molar-refractivity contribution in [1.29, 1.82) is 0 Å². The molecule has 1 aliphatic carbocycles. The zero-order chi connectivity index (χ0) is 20.8. The molecule has 3 N–H and O–H groups in total. The molecule has 158 valence electrons. The van der Waals surface area contributed by atoms with Crippen LogP contribution in [0.2, 0.25) is 0 Å². The second-order valence-electron chi connectivity index (χ2n) is 8.47. The lowest BCUT2D eigenvalue weighted by atomic mass is 9.79. The highest BCUT2D eigenvalue weighted by Crippen LogP contribution is 2.41. The van der Waals surface area contributed by atoms with E-state index in [1.165, 1.54) is 36.8 Å². The average Bonchev–Trinajstić information content (AvgIpc) is 3.26. The van der Waals surface area contributed by atoms with E-state index >= 15 is 0 Å². The van der Waals surface area contributed by atoms with Crippen LogP contribution in [0.3, 0.4) is 0 Å². The number of nitrogens with zero attached hydrogens (tertiary/aromatic N) is 1. The van der Waals surface area contributed by atoms with Crippen LogP contribution in [0.15, 0.2) is 59.6 Å². The van der Waals surface area contributed by atoms with Crippen molar-refractivity contribution in [3.05, 3.63) is 65.7 Å². The van der Waals surface area contributed by atoms with Gasteiger partial charge >= 0.3 is 0 Å². The van der Waals surface area contributed by atoms with Crippen LogP contribution in [0.4, 0.5) is 5.69 Å². The summed E-state index contributed by atoms with van der Waals surface area (Å²) in [5.41, 5.74) is 3.66. The van der Waals surface area contributed by atoms with Gasteiger partial charge in [0.2, 0.25) is 5.91 Å². The third-order valence-electron chi connectivity index (χ3n) is 6.45. The van der Waals surface area contributed by atoms with Crippen molar-refractivity contribution in [2.75, 3.05) is 25.0 Å². The number of nitrogens with one attached hydrogen (secondary N) is 3. The molecule has 0 aromatic heterocycles. The first-order chi connectivity index (χ1) is 14.7. The van der Waals surface area contributed by atoms with Crippen LogP contribution in [0.1, 0.15) is 56.1 Å². The number of carbonyl (C=O) groups excluding carboxylic acids is 1. The maximum atomic E-state index is 12.1. The van der Waals surface area contributed by atoms with Crippen LogP contribution < -0.4 is 16.0 Å². The topological polar surface area (TPSA) is 65.5 Å². The molecular formula is C25H32N4O. The number of guanidine groups is 1. The van der Waals surface area contributed by atoms with Gasteiger partial charge in [-0.05, 0) is 37.0 Å². The number of para-hydroxylation sites is 1. The van der Waals surface area contributed by atoms with E-state index in [0.29, 0.717) is 13.0 Å². The molecule has 0 saturated heterocycles. The van der Waals surface area contributed by atoms with Crippen molar-refractivity contribution in [2.24, 2.45) is 4.99 Å². The normalized spacial score (nSPS) is 20.4. The Bertz CT molecular complexity index is 887. The van der Waals surface area contributed by atoms with Gasteiger partial charge in [0.05, 0.1) is 6.54 Å². The highest BCUT2D eigenvalue weighted by molar-refractivity contribution is 5.94. The van der Waals surface area contributed by atoms with Crippen molar-refractivity contribution in [1.82, 2.24) is 10.6 Å². The van der Waals surface area contributed by atoms with E-state index in [4.69, 9.17) is 4.99 Å². The van der Waals surface area contributed by atoms with Crippen molar-refractivity contribution in [3.63, 3.8) is 0 Å². The van der Waals surface area contributed by atoms with Crippen LogP contribution in [0.25, 0.3) is 0 Å². The second kappa shape index (κ2) is 9.33. The SMILES string of the molecule is CCNC(=NCC1(c2ccccc2)CCCC1)NCC1CC(=O)Nc2ccccc21. The van der Waals surface area contributed by atoms with Gasteiger partial charge in [0.15, 0.2) is 5.96 Å². The molecule has 0 radical (unpaired) electrons. The van der Waals surface area contributed by atoms with Crippen LogP contribution in [-0.4, -0.2) is 31.5 Å². The summed E-state index contributed by atoms with van der Waals surface area (Å²) in [6.45, 7) is 4.37. The zero-order valence-corrected chi connectivity index (χ0v) is 17.8. The Morgan fingerprint density at radius 1 is 1.07 bits per heavy atom. The Morgan fingerprint density at radius 3 is 2.57 bits per heavy atom. The largest absolute Gasteiger partial charge is 0.357 e. The van der Waals surface area contributed by atoms with E-state index in [-0.39, 0.29) is 17.2 Å². The standard InChI is InChI=1S/C25H32N4O/c1-2-26-24(27-17-19-16-23(30)29-22-13-7-6-12-21(19)22)28-18-25(14-8-9-15-25)20-10-4-3-5-11-20/h3-7,10-13,19H,2,8-9,14-18H2,1H3,(H,29,30)(H2,26,27,28). The number of benzene rings is 2. The summed E-state index contributed by atoms with van der Waals surface area (Å²) in [4.78, 5) is 17.1. The molecule has 0 bridgehead atoms. The molecule has 30 heavy (non-hydrogen) atoms. The molecule has 1 heterocycles. The molecule has 2 aromatic rings. The van der Waals surface area contributed by atoms with Gasteiger partial charge in [-0.15, -0.1) is 0 Å². The van der Waals surface area contributed by atoms with Gasteiger partial charge in [0, 0.05) is 36.5 Å². The van der Waals surface area contributed by atoms with Gasteiger partial charge in [0.25, 0.3) is 0 Å². The molecule has 4 rings (SSSR count). The number of hydrogen-bond donors (Lipinski definition) is 3. The van der Waals surface area contributed by atoms with E-state index in [0.717, 1.165) is 24.7 Å². The Labute approximate surface area is 179 Å². The lowest BCUT2D eigenvalue weighted by Gasteiger charge is -2.29. The molecule has 1 fully saturated rings. The van der Waals surface area contributed by atoms with Gasteiger partial charge in [-0.25, -0.2) is 0 Å². The van der Waals surface area contributed by atoms with Crippen molar-refractivity contribution in [3.8, 4) is 0 Å². The highest BCUT2D eigenvalue weighted by Gasteiger charge is 2.35. The second-order valence-corrected chi connectivity index (χ2v) is 8.47. The summed E-state index contributed by atoms with van der Waals surface area (Å²) in [5, 5.41) is 9.87. The molecule has 1 atom stereocenters. The third kappa shape index (κ3) is 4.50. The summed E-state index contributed by atoms with van der Waals surface area (Å²) in [6.07, 6.45) is 5.41. The van der Waals surface area contributed by atoms with Crippen LogP contribution in [-0.2, 0) is 10.2 Å². The Kier molecular flexibility index (Phi) is 6.36. The van der Waals surface area contributed by atoms with Crippen molar-refractivity contribution >= 4 is 17.6 Å². The Morgan fingerprint density at radius 2 is 1.80 bits per heavy atom. The van der Waals surface area contributed by atoms with Gasteiger partial charge < -0.3 is 16.0 Å². The molecule has 5 nitrogen and oxygen atoms in total. The number of rotatable bonds is 6. The van der Waals surface area contributed by atoms with Gasteiger partial charge in [0.1, 0.15) is 0 Å². The summed E-state index contributed by atoms with van der Waals surface area (Å²) < 4.78 is 0. The first-order valence-electron chi connectivity index (χ1n) is 11.2. The fourth-order valence-corrected chi connectivity index (χ4v) is 4.86. The van der Waals surface area contributed by atoms with Crippen LogP contribution in [0.5, 0.6) is 0 Å². The van der Waals surface area contributed by atoms with E-state index in [9.17, 15) is 4.79 Å². The maximum absolute atomic E-state index is 12.1. The van der Waals surface area contributed by atoms with E-state index in [1.54, 1.807) is 0 Å².